The normalized spacial score (nSPS) is 15.3. The van der Waals surface area contributed by atoms with E-state index in [9.17, 15) is 14.7 Å². The topological polar surface area (TPSA) is 73.6 Å². The van der Waals surface area contributed by atoms with Crippen molar-refractivity contribution in [3.63, 3.8) is 0 Å². The lowest BCUT2D eigenvalue weighted by molar-refractivity contribution is -0.255. The molecule has 1 fully saturated rings. The van der Waals surface area contributed by atoms with E-state index in [0.717, 1.165) is 16.8 Å². The van der Waals surface area contributed by atoms with E-state index in [1.54, 1.807) is 30.3 Å². The molecule has 3 aromatic rings. The summed E-state index contributed by atoms with van der Waals surface area (Å²) < 4.78 is 6.28. The third-order valence-electron chi connectivity index (χ3n) is 4.36. The molecule has 7 heteroatoms. The van der Waals surface area contributed by atoms with Crippen LogP contribution in [0.15, 0.2) is 70.0 Å². The summed E-state index contributed by atoms with van der Waals surface area (Å²) in [5, 5.41) is 10.9. The fraction of sp³-hybridized carbons (Fsp3) is 0.0455. The molecule has 4 rings (SSSR count). The van der Waals surface area contributed by atoms with Crippen LogP contribution in [0.25, 0.3) is 17.4 Å². The number of benzene rings is 2. The average Bonchev–Trinajstić information content (AvgIpc) is 3.26. The highest BCUT2D eigenvalue weighted by atomic mass is 32.2. The fourth-order valence-corrected chi connectivity index (χ4v) is 4.22. The fourth-order valence-electron chi connectivity index (χ4n) is 2.94. The van der Waals surface area contributed by atoms with Crippen LogP contribution in [0.3, 0.4) is 0 Å². The summed E-state index contributed by atoms with van der Waals surface area (Å²) in [5.74, 6) is -0.349. The highest BCUT2D eigenvalue weighted by Gasteiger charge is 2.33. The van der Waals surface area contributed by atoms with Gasteiger partial charge in [-0.05, 0) is 42.3 Å². The van der Waals surface area contributed by atoms with E-state index in [1.165, 1.54) is 28.8 Å². The third kappa shape index (κ3) is 3.87. The molecule has 0 unspecified atom stereocenters. The number of rotatable bonds is 4. The molecule has 1 aliphatic heterocycles. The van der Waals surface area contributed by atoms with Crippen LogP contribution < -0.4 is 10.0 Å². The largest absolute Gasteiger partial charge is 0.545 e. The SMILES string of the molecule is Cc1cccc(N2C(=O)/C(=C\c3ccc(-c4ccc(C(=O)[O-])cc4)o3)SC2=S)c1. The number of hydrogen-bond acceptors (Lipinski definition) is 6. The Kier molecular flexibility index (Phi) is 5.08. The number of thiocarbonyl (C=S) groups is 1. The molecule has 0 atom stereocenters. The lowest BCUT2D eigenvalue weighted by Gasteiger charge is -2.14. The van der Waals surface area contributed by atoms with Gasteiger partial charge in [0.2, 0.25) is 0 Å². The molecule has 2 heterocycles. The van der Waals surface area contributed by atoms with Gasteiger partial charge in [0.05, 0.1) is 16.6 Å². The first-order chi connectivity index (χ1) is 13.9. The number of aryl methyl sites for hydroxylation is 1. The van der Waals surface area contributed by atoms with Gasteiger partial charge >= 0.3 is 0 Å². The van der Waals surface area contributed by atoms with Crippen molar-refractivity contribution in [2.45, 2.75) is 6.92 Å². The van der Waals surface area contributed by atoms with Gasteiger partial charge in [0.25, 0.3) is 5.91 Å². The van der Waals surface area contributed by atoms with Gasteiger partial charge in [0.1, 0.15) is 11.5 Å². The summed E-state index contributed by atoms with van der Waals surface area (Å²) in [7, 11) is 0. The number of hydrogen-bond donors (Lipinski definition) is 0. The van der Waals surface area contributed by atoms with Gasteiger partial charge in [-0.3, -0.25) is 9.69 Å². The van der Waals surface area contributed by atoms with E-state index in [2.05, 4.69) is 0 Å². The monoisotopic (exact) mass is 420 g/mol. The highest BCUT2D eigenvalue weighted by molar-refractivity contribution is 8.27. The Morgan fingerprint density at radius 2 is 1.90 bits per heavy atom. The predicted octanol–water partition coefficient (Wildman–Crippen LogP) is 4.02. The molecule has 29 heavy (non-hydrogen) atoms. The molecule has 5 nitrogen and oxygen atoms in total. The van der Waals surface area contributed by atoms with Crippen molar-refractivity contribution in [1.29, 1.82) is 0 Å². The van der Waals surface area contributed by atoms with Crippen molar-refractivity contribution in [2.24, 2.45) is 0 Å². The molecule has 0 spiro atoms. The van der Waals surface area contributed by atoms with Gasteiger partial charge in [-0.1, -0.05) is 60.4 Å². The average molecular weight is 420 g/mol. The standard InChI is InChI=1S/C22H15NO4S2/c1-13-3-2-4-16(11-13)23-20(24)19(29-22(23)28)12-17-9-10-18(27-17)14-5-7-15(8-6-14)21(25)26/h2-12H,1H3,(H,25,26)/p-1/b19-12+. The Bertz CT molecular complexity index is 1160. The Balaban J connectivity index is 1.58. The summed E-state index contributed by atoms with van der Waals surface area (Å²) in [4.78, 5) is 25.7. The zero-order valence-electron chi connectivity index (χ0n) is 15.2. The van der Waals surface area contributed by atoms with Gasteiger partial charge in [0.15, 0.2) is 4.32 Å². The zero-order chi connectivity index (χ0) is 20.5. The molecule has 0 saturated carbocycles. The third-order valence-corrected chi connectivity index (χ3v) is 5.66. The van der Waals surface area contributed by atoms with E-state index in [1.807, 2.05) is 31.2 Å². The van der Waals surface area contributed by atoms with Gasteiger partial charge in [-0.25, -0.2) is 0 Å². The molecule has 0 radical (unpaired) electrons. The number of carboxylic acid groups (broad SMARTS) is 1. The first-order valence-corrected chi connectivity index (χ1v) is 9.91. The summed E-state index contributed by atoms with van der Waals surface area (Å²) in [6.07, 6.45) is 1.66. The molecule has 1 saturated heterocycles. The first kappa shape index (κ1) is 19.2. The van der Waals surface area contributed by atoms with Gasteiger partial charge in [-0.15, -0.1) is 0 Å². The maximum atomic E-state index is 12.9. The van der Waals surface area contributed by atoms with Crippen LogP contribution in [-0.4, -0.2) is 16.2 Å². The Labute approximate surface area is 176 Å². The minimum Gasteiger partial charge on any atom is -0.545 e. The van der Waals surface area contributed by atoms with Crippen LogP contribution in [0.4, 0.5) is 5.69 Å². The number of furan rings is 1. The van der Waals surface area contributed by atoms with E-state index in [4.69, 9.17) is 16.6 Å². The van der Waals surface area contributed by atoms with E-state index < -0.39 is 5.97 Å². The molecule has 1 aromatic heterocycles. The maximum absolute atomic E-state index is 12.9. The maximum Gasteiger partial charge on any atom is 0.270 e. The van der Waals surface area contributed by atoms with Crippen molar-refractivity contribution >= 4 is 51.9 Å². The number of anilines is 1. The molecular formula is C22H14NO4S2-. The molecular weight excluding hydrogens is 406 g/mol. The number of carbonyl (C=O) groups excluding carboxylic acids is 2. The number of nitrogens with zero attached hydrogens (tertiary/aromatic N) is 1. The Morgan fingerprint density at radius 3 is 2.59 bits per heavy atom. The van der Waals surface area contributed by atoms with Crippen molar-refractivity contribution in [3.8, 4) is 11.3 Å². The zero-order valence-corrected chi connectivity index (χ0v) is 16.9. The summed E-state index contributed by atoms with van der Waals surface area (Å²) in [6.45, 7) is 1.96. The lowest BCUT2D eigenvalue weighted by atomic mass is 10.1. The number of aromatic carboxylic acids is 1. The Morgan fingerprint density at radius 1 is 1.14 bits per heavy atom. The van der Waals surface area contributed by atoms with E-state index in [0.29, 0.717) is 20.7 Å². The molecule has 1 aliphatic rings. The smallest absolute Gasteiger partial charge is 0.270 e. The minimum absolute atomic E-state index is 0.0975. The Hall–Kier alpha value is -3.16. The predicted molar refractivity (Wildman–Crippen MR) is 115 cm³/mol. The second-order valence-electron chi connectivity index (χ2n) is 6.42. The van der Waals surface area contributed by atoms with Crippen molar-refractivity contribution < 1.29 is 19.1 Å². The first-order valence-electron chi connectivity index (χ1n) is 8.68. The van der Waals surface area contributed by atoms with Crippen LogP contribution in [0.2, 0.25) is 0 Å². The van der Waals surface area contributed by atoms with Gasteiger partial charge < -0.3 is 14.3 Å². The molecule has 1 amide bonds. The molecule has 2 aromatic carbocycles. The van der Waals surface area contributed by atoms with Gasteiger partial charge in [-0.2, -0.15) is 0 Å². The summed E-state index contributed by atoms with van der Waals surface area (Å²) >= 11 is 6.62. The number of carboxylic acids is 1. The molecule has 0 bridgehead atoms. The second-order valence-corrected chi connectivity index (χ2v) is 8.10. The summed E-state index contributed by atoms with van der Waals surface area (Å²) in [5.41, 5.74) is 2.60. The van der Waals surface area contributed by atoms with Crippen LogP contribution in [0.1, 0.15) is 21.7 Å². The lowest BCUT2D eigenvalue weighted by Crippen LogP contribution is -2.27. The van der Waals surface area contributed by atoms with Crippen molar-refractivity contribution in [2.75, 3.05) is 4.90 Å². The van der Waals surface area contributed by atoms with Crippen LogP contribution in [-0.2, 0) is 4.79 Å². The quantitative estimate of drug-likeness (QED) is 0.469. The minimum atomic E-state index is -1.23. The van der Waals surface area contributed by atoms with Crippen molar-refractivity contribution in [3.05, 3.63) is 82.5 Å². The highest BCUT2D eigenvalue weighted by Crippen LogP contribution is 2.36. The molecule has 144 valence electrons. The van der Waals surface area contributed by atoms with Crippen LogP contribution in [0.5, 0.6) is 0 Å². The van der Waals surface area contributed by atoms with Crippen LogP contribution in [0, 0.1) is 6.92 Å². The number of carbonyl (C=O) groups is 2. The van der Waals surface area contributed by atoms with E-state index in [-0.39, 0.29) is 11.5 Å². The molecule has 0 aliphatic carbocycles. The van der Waals surface area contributed by atoms with Crippen molar-refractivity contribution in [1.82, 2.24) is 0 Å². The summed E-state index contributed by atoms with van der Waals surface area (Å²) in [6, 6.07) is 17.3. The number of amides is 1. The van der Waals surface area contributed by atoms with Gasteiger partial charge in [0, 0.05) is 11.6 Å². The molecule has 0 N–H and O–H groups in total. The van der Waals surface area contributed by atoms with E-state index >= 15 is 0 Å². The second kappa shape index (κ2) is 7.69. The number of thioether (sulfide) groups is 1. The van der Waals surface area contributed by atoms with Crippen LogP contribution >= 0.6 is 24.0 Å².